The number of likely N-dealkylation sites (tertiary alicyclic amines) is 1. The molecule has 16 heteroatoms. The lowest BCUT2D eigenvalue weighted by Gasteiger charge is -2.20. The number of nitrogens with one attached hydrogen (secondary N) is 1. The summed E-state index contributed by atoms with van der Waals surface area (Å²) >= 11 is 1.33. The van der Waals surface area contributed by atoms with E-state index in [9.17, 15) is 43.8 Å². The van der Waals surface area contributed by atoms with Gasteiger partial charge in [-0.05, 0) is 61.7 Å². The molecular formula is C46H48N2O13S. The molecule has 62 heavy (non-hydrogen) atoms. The van der Waals surface area contributed by atoms with E-state index < -0.39 is 39.8 Å². The van der Waals surface area contributed by atoms with Crippen LogP contribution >= 0.6 is 11.8 Å². The smallest absolute Gasteiger partial charge is 0.344 e. The van der Waals surface area contributed by atoms with Crippen LogP contribution in [-0.2, 0) is 28.7 Å². The fraction of sp³-hybridized carbons (Fsp3) is 0.370. The molecule has 2 atom stereocenters. The second kappa shape index (κ2) is 21.1. The molecule has 0 spiro atoms. The van der Waals surface area contributed by atoms with Crippen molar-refractivity contribution in [3.05, 3.63) is 116 Å². The number of carbonyl (C=O) groups is 5. The molecule has 0 bridgehead atoms. The first-order chi connectivity index (χ1) is 29.9. The van der Waals surface area contributed by atoms with E-state index in [0.29, 0.717) is 25.2 Å². The quantitative estimate of drug-likeness (QED) is 0.0447. The molecule has 1 saturated heterocycles. The highest BCUT2D eigenvalue weighted by atomic mass is 32.2. The first kappa shape index (κ1) is 45.4. The molecule has 15 nitrogen and oxygen atoms in total. The first-order valence-electron chi connectivity index (χ1n) is 20.4. The van der Waals surface area contributed by atoms with E-state index >= 15 is 0 Å². The van der Waals surface area contributed by atoms with Crippen LogP contribution in [0.4, 0.5) is 0 Å². The van der Waals surface area contributed by atoms with Crippen LogP contribution in [0.2, 0.25) is 0 Å². The molecule has 3 heterocycles. The standard InChI is InChI=1S/C46H48N2O13S/c1-3-28(27(2)49)26-62-36-25-37(51)48(44(36)55)20-18-31(50)9-8-21-58-23-24-59-22-19-47-43(54)30-16-14-29(15-17-30)38(39-41(52)32-10-4-6-12-34(32)60-45(39)56)40-42(53)33-11-5-7-13-35(33)61-46(40)57/h4-7,10-17,28,36,38,52-53H,3,8-9,18-26H2,1-2H3,(H,47,54). The summed E-state index contributed by atoms with van der Waals surface area (Å²) in [4.78, 5) is 90.3. The molecule has 2 unspecified atom stereocenters. The predicted octanol–water partition coefficient (Wildman–Crippen LogP) is 5.47. The lowest BCUT2D eigenvalue weighted by Crippen LogP contribution is -2.33. The van der Waals surface area contributed by atoms with E-state index in [2.05, 4.69) is 5.32 Å². The summed E-state index contributed by atoms with van der Waals surface area (Å²) in [7, 11) is 0. The monoisotopic (exact) mass is 868 g/mol. The van der Waals surface area contributed by atoms with Gasteiger partial charge in [-0.25, -0.2) is 9.59 Å². The second-order valence-electron chi connectivity index (χ2n) is 14.8. The number of para-hydroxylation sites is 2. The number of benzene rings is 3. The molecule has 3 amide bonds. The Morgan fingerprint density at radius 1 is 0.806 bits per heavy atom. The van der Waals surface area contributed by atoms with Crippen molar-refractivity contribution in [1.82, 2.24) is 10.2 Å². The van der Waals surface area contributed by atoms with Gasteiger partial charge in [-0.2, -0.15) is 0 Å². The normalized spacial score (nSPS) is 14.6. The summed E-state index contributed by atoms with van der Waals surface area (Å²) in [5, 5.41) is 25.5. The molecule has 6 rings (SSSR count). The minimum atomic E-state index is -1.35. The molecular weight excluding hydrogens is 821 g/mol. The summed E-state index contributed by atoms with van der Waals surface area (Å²) in [6, 6.07) is 18.7. The van der Waals surface area contributed by atoms with E-state index in [1.165, 1.54) is 55.1 Å². The number of carbonyl (C=O) groups excluding carboxylic acids is 5. The van der Waals surface area contributed by atoms with Crippen LogP contribution in [0.5, 0.6) is 11.5 Å². The van der Waals surface area contributed by atoms with Gasteiger partial charge in [-0.3, -0.25) is 28.9 Å². The number of hydrogen-bond acceptors (Lipinski definition) is 14. The zero-order chi connectivity index (χ0) is 44.3. The van der Waals surface area contributed by atoms with Gasteiger partial charge in [0.2, 0.25) is 11.8 Å². The maximum Gasteiger partial charge on any atom is 0.344 e. The lowest BCUT2D eigenvalue weighted by atomic mass is 9.84. The van der Waals surface area contributed by atoms with Crippen LogP contribution in [0.1, 0.15) is 78.9 Å². The maximum absolute atomic E-state index is 13.5. The first-order valence-corrected chi connectivity index (χ1v) is 21.4. The maximum atomic E-state index is 13.5. The van der Waals surface area contributed by atoms with Crippen LogP contribution in [-0.4, -0.2) is 94.9 Å². The number of ether oxygens (including phenoxy) is 2. The molecule has 2 aromatic heterocycles. The minimum Gasteiger partial charge on any atom is -0.507 e. The third-order valence-electron chi connectivity index (χ3n) is 10.8. The molecule has 0 saturated carbocycles. The van der Waals surface area contributed by atoms with Crippen molar-refractivity contribution in [3.63, 3.8) is 0 Å². The van der Waals surface area contributed by atoms with Crippen molar-refractivity contribution in [2.45, 2.75) is 57.1 Å². The Bertz CT molecular complexity index is 2470. The molecule has 326 valence electrons. The van der Waals surface area contributed by atoms with Crippen LogP contribution in [0, 0.1) is 5.92 Å². The number of nitrogens with zero attached hydrogens (tertiary/aromatic N) is 1. The average molecular weight is 869 g/mol. The van der Waals surface area contributed by atoms with E-state index in [0.717, 1.165) is 4.90 Å². The summed E-state index contributed by atoms with van der Waals surface area (Å²) in [6.45, 7) is 4.67. The number of hydrogen-bond donors (Lipinski definition) is 3. The largest absolute Gasteiger partial charge is 0.507 e. The number of ketones is 2. The van der Waals surface area contributed by atoms with Crippen molar-refractivity contribution in [3.8, 4) is 11.5 Å². The Morgan fingerprint density at radius 3 is 1.97 bits per heavy atom. The summed E-state index contributed by atoms with van der Waals surface area (Å²) in [5.74, 6) is -2.92. The van der Waals surface area contributed by atoms with E-state index in [1.807, 2.05) is 6.92 Å². The van der Waals surface area contributed by atoms with Gasteiger partial charge in [0.25, 0.3) is 5.91 Å². The van der Waals surface area contributed by atoms with Crippen LogP contribution in [0.3, 0.4) is 0 Å². The van der Waals surface area contributed by atoms with Crippen LogP contribution < -0.4 is 16.6 Å². The number of imide groups is 1. The van der Waals surface area contributed by atoms with E-state index in [1.54, 1.807) is 36.4 Å². The Labute approximate surface area is 360 Å². The highest BCUT2D eigenvalue weighted by Crippen LogP contribution is 2.42. The van der Waals surface area contributed by atoms with Gasteiger partial charge in [0, 0.05) is 56.2 Å². The molecule has 3 N–H and O–H groups in total. The number of rotatable bonds is 22. The number of fused-ring (bicyclic) bond motifs is 2. The number of Topliss-reactive ketones (excluding diaryl/α,β-unsaturated/α-hetero) is 2. The van der Waals surface area contributed by atoms with Gasteiger partial charge in [0.15, 0.2) is 0 Å². The van der Waals surface area contributed by atoms with E-state index in [4.69, 9.17) is 18.3 Å². The number of thioether (sulfide) groups is 1. The van der Waals surface area contributed by atoms with Gasteiger partial charge in [-0.1, -0.05) is 43.3 Å². The average Bonchev–Trinajstić information content (AvgIpc) is 3.53. The van der Waals surface area contributed by atoms with Crippen molar-refractivity contribution in [1.29, 1.82) is 0 Å². The lowest BCUT2D eigenvalue weighted by molar-refractivity contribution is -0.138. The third kappa shape index (κ3) is 10.7. The van der Waals surface area contributed by atoms with Gasteiger partial charge in [0.1, 0.15) is 34.2 Å². The van der Waals surface area contributed by atoms with Gasteiger partial charge in [-0.15, -0.1) is 11.8 Å². The zero-order valence-corrected chi connectivity index (χ0v) is 35.2. The Kier molecular flexibility index (Phi) is 15.5. The van der Waals surface area contributed by atoms with Gasteiger partial charge in [0.05, 0.1) is 52.9 Å². The molecule has 5 aromatic rings. The van der Waals surface area contributed by atoms with Crippen molar-refractivity contribution in [2.75, 3.05) is 45.3 Å². The minimum absolute atomic E-state index is 0.0454. The molecule has 0 aliphatic carbocycles. The highest BCUT2D eigenvalue weighted by molar-refractivity contribution is 8.00. The molecule has 1 aliphatic heterocycles. The number of amides is 3. The topological polar surface area (TPSA) is 220 Å². The fourth-order valence-corrected chi connectivity index (χ4v) is 8.74. The molecule has 3 aromatic carbocycles. The third-order valence-corrected chi connectivity index (χ3v) is 12.1. The number of aromatic hydroxyl groups is 2. The van der Waals surface area contributed by atoms with Gasteiger partial charge >= 0.3 is 11.3 Å². The molecule has 0 radical (unpaired) electrons. The SMILES string of the molecule is CCC(CSC1CC(=O)N(CCC(=O)CCCOCCOCCNC(=O)c2ccc(C(c3c(O)c4ccccc4oc3=O)c3c(O)c4ccccc4oc3=O)cc2)C1=O)C(C)=O. The fourth-order valence-electron chi connectivity index (χ4n) is 7.28. The Balaban J connectivity index is 0.941. The zero-order valence-electron chi connectivity index (χ0n) is 34.4. The second-order valence-corrected chi connectivity index (χ2v) is 16.1. The molecule has 1 fully saturated rings. The highest BCUT2D eigenvalue weighted by Gasteiger charge is 2.39. The van der Waals surface area contributed by atoms with Gasteiger partial charge < -0.3 is 33.8 Å². The van der Waals surface area contributed by atoms with Crippen molar-refractivity contribution in [2.24, 2.45) is 5.92 Å². The molecule has 1 aliphatic rings. The van der Waals surface area contributed by atoms with E-state index in [-0.39, 0.29) is 126 Å². The Hall–Kier alpha value is -6.10. The summed E-state index contributed by atoms with van der Waals surface area (Å²) < 4.78 is 22.2. The summed E-state index contributed by atoms with van der Waals surface area (Å²) in [5.41, 5.74) is -1.65. The van der Waals surface area contributed by atoms with Crippen LogP contribution in [0.25, 0.3) is 21.9 Å². The van der Waals surface area contributed by atoms with Crippen LogP contribution in [0.15, 0.2) is 91.2 Å². The predicted molar refractivity (Wildman–Crippen MR) is 231 cm³/mol. The Morgan fingerprint density at radius 2 is 1.39 bits per heavy atom. The van der Waals surface area contributed by atoms with Crippen molar-refractivity contribution >= 4 is 63.0 Å². The summed E-state index contributed by atoms with van der Waals surface area (Å²) in [6.07, 6.45) is 1.53. The van der Waals surface area contributed by atoms with Crippen molar-refractivity contribution < 1.29 is 52.5 Å².